The Labute approximate surface area is 175 Å². The molecular weight excluding hydrogens is 383 g/mol. The lowest BCUT2D eigenvalue weighted by atomic mass is 10.2. The number of imidazole rings is 1. The number of nitrogens with one attached hydrogen (secondary N) is 1. The number of benzene rings is 1. The van der Waals surface area contributed by atoms with Gasteiger partial charge >= 0.3 is 6.03 Å². The summed E-state index contributed by atoms with van der Waals surface area (Å²) in [6, 6.07) is 10.2. The van der Waals surface area contributed by atoms with Crippen LogP contribution < -0.4 is 5.32 Å². The van der Waals surface area contributed by atoms with Crippen molar-refractivity contribution in [3.05, 3.63) is 54.2 Å². The Balaban J connectivity index is 1.49. The average molecular weight is 410 g/mol. The Hall–Kier alpha value is -3.00. The maximum Gasteiger partial charge on any atom is 0.317 e. The predicted molar refractivity (Wildman–Crippen MR) is 114 cm³/mol. The molecule has 1 aliphatic heterocycles. The number of nitrogens with zero attached hydrogens (tertiary/aromatic N) is 5. The minimum Gasteiger partial charge on any atom is -0.338 e. The molecule has 1 saturated heterocycles. The zero-order valence-electron chi connectivity index (χ0n) is 17.4. The van der Waals surface area contributed by atoms with E-state index in [1.807, 2.05) is 21.6 Å². The van der Waals surface area contributed by atoms with E-state index in [1.54, 1.807) is 18.3 Å². The molecular formula is C22H27FN6O. The van der Waals surface area contributed by atoms with Crippen LogP contribution in [0.15, 0.2) is 42.6 Å². The Morgan fingerprint density at radius 1 is 1.13 bits per heavy atom. The van der Waals surface area contributed by atoms with Gasteiger partial charge in [-0.05, 0) is 42.3 Å². The van der Waals surface area contributed by atoms with Crippen molar-refractivity contribution in [2.75, 3.05) is 32.7 Å². The second-order valence-corrected chi connectivity index (χ2v) is 8.03. The molecule has 1 aromatic carbocycles. The van der Waals surface area contributed by atoms with E-state index in [0.29, 0.717) is 32.1 Å². The summed E-state index contributed by atoms with van der Waals surface area (Å²) >= 11 is 0. The molecule has 0 aliphatic carbocycles. The first-order valence-corrected chi connectivity index (χ1v) is 10.3. The Bertz CT molecular complexity index is 1010. The number of piperazine rings is 1. The highest BCUT2D eigenvalue weighted by Gasteiger charge is 2.23. The van der Waals surface area contributed by atoms with Crippen molar-refractivity contribution >= 4 is 17.2 Å². The van der Waals surface area contributed by atoms with Crippen molar-refractivity contribution in [1.82, 2.24) is 29.7 Å². The first-order chi connectivity index (χ1) is 14.5. The van der Waals surface area contributed by atoms with Crippen LogP contribution in [0.2, 0.25) is 0 Å². The smallest absolute Gasteiger partial charge is 0.317 e. The molecule has 0 atom stereocenters. The third-order valence-electron chi connectivity index (χ3n) is 5.26. The van der Waals surface area contributed by atoms with Crippen molar-refractivity contribution in [1.29, 1.82) is 0 Å². The molecule has 0 spiro atoms. The van der Waals surface area contributed by atoms with Gasteiger partial charge in [0.25, 0.3) is 0 Å². The van der Waals surface area contributed by atoms with Gasteiger partial charge in [0.2, 0.25) is 0 Å². The largest absolute Gasteiger partial charge is 0.338 e. The number of amides is 2. The maximum atomic E-state index is 13.4. The first kappa shape index (κ1) is 20.3. The van der Waals surface area contributed by atoms with E-state index in [4.69, 9.17) is 4.98 Å². The fourth-order valence-electron chi connectivity index (χ4n) is 3.64. The summed E-state index contributed by atoms with van der Waals surface area (Å²) in [6.07, 6.45) is 1.74. The van der Waals surface area contributed by atoms with Crippen molar-refractivity contribution in [2.45, 2.75) is 20.4 Å². The molecule has 1 aliphatic rings. The van der Waals surface area contributed by atoms with Gasteiger partial charge in [-0.25, -0.2) is 19.2 Å². The van der Waals surface area contributed by atoms with Gasteiger partial charge in [0, 0.05) is 44.6 Å². The Morgan fingerprint density at radius 3 is 2.57 bits per heavy atom. The quantitative estimate of drug-likeness (QED) is 0.702. The van der Waals surface area contributed by atoms with E-state index in [2.05, 4.69) is 29.0 Å². The fraction of sp³-hybridized carbons (Fsp3) is 0.409. The maximum absolute atomic E-state index is 13.4. The van der Waals surface area contributed by atoms with Crippen molar-refractivity contribution < 1.29 is 9.18 Å². The molecule has 30 heavy (non-hydrogen) atoms. The molecule has 8 heteroatoms. The van der Waals surface area contributed by atoms with Gasteiger partial charge in [-0.1, -0.05) is 13.8 Å². The fourth-order valence-corrected chi connectivity index (χ4v) is 3.64. The highest BCUT2D eigenvalue weighted by Crippen LogP contribution is 2.21. The van der Waals surface area contributed by atoms with Crippen molar-refractivity contribution in [3.8, 4) is 5.69 Å². The number of hydrogen-bond donors (Lipinski definition) is 1. The Morgan fingerprint density at radius 2 is 1.87 bits per heavy atom. The van der Waals surface area contributed by atoms with Crippen molar-refractivity contribution in [2.24, 2.45) is 5.92 Å². The lowest BCUT2D eigenvalue weighted by Gasteiger charge is -2.34. The van der Waals surface area contributed by atoms with Crippen LogP contribution >= 0.6 is 0 Å². The molecule has 3 aromatic rings. The number of halogens is 1. The summed E-state index contributed by atoms with van der Waals surface area (Å²) in [5.41, 5.74) is 2.40. The molecule has 0 radical (unpaired) electrons. The van der Waals surface area contributed by atoms with Crippen LogP contribution in [-0.4, -0.2) is 63.1 Å². The first-order valence-electron chi connectivity index (χ1n) is 10.3. The lowest BCUT2D eigenvalue weighted by molar-refractivity contribution is 0.133. The van der Waals surface area contributed by atoms with Crippen LogP contribution in [0.1, 0.15) is 19.7 Å². The number of carbonyl (C=O) groups excluding carboxylic acids is 1. The highest BCUT2D eigenvalue weighted by atomic mass is 19.1. The van der Waals surface area contributed by atoms with Gasteiger partial charge in [0.15, 0.2) is 5.65 Å². The Kier molecular flexibility index (Phi) is 5.94. The molecule has 3 heterocycles. The van der Waals surface area contributed by atoms with Crippen LogP contribution in [0.5, 0.6) is 0 Å². The summed E-state index contributed by atoms with van der Waals surface area (Å²) in [5.74, 6) is 1.01. The van der Waals surface area contributed by atoms with E-state index in [1.165, 1.54) is 12.1 Å². The molecule has 1 fully saturated rings. The van der Waals surface area contributed by atoms with Gasteiger partial charge in [-0.2, -0.15) is 0 Å². The number of pyridine rings is 1. The monoisotopic (exact) mass is 410 g/mol. The molecule has 2 amide bonds. The zero-order chi connectivity index (χ0) is 21.1. The predicted octanol–water partition coefficient (Wildman–Crippen LogP) is 3.04. The van der Waals surface area contributed by atoms with Crippen LogP contribution in [-0.2, 0) is 6.54 Å². The number of hydrogen-bond acceptors (Lipinski definition) is 4. The summed E-state index contributed by atoms with van der Waals surface area (Å²) in [5, 5.41) is 2.98. The molecule has 158 valence electrons. The second-order valence-electron chi connectivity index (χ2n) is 8.03. The summed E-state index contributed by atoms with van der Waals surface area (Å²) in [6.45, 7) is 8.39. The number of fused-ring (bicyclic) bond motifs is 1. The summed E-state index contributed by atoms with van der Waals surface area (Å²) in [4.78, 5) is 25.7. The molecule has 2 aromatic heterocycles. The molecule has 1 N–H and O–H groups in total. The molecule has 0 unspecified atom stereocenters. The van der Waals surface area contributed by atoms with Gasteiger partial charge in [0.05, 0.1) is 6.54 Å². The minimum absolute atomic E-state index is 0.00565. The van der Waals surface area contributed by atoms with E-state index < -0.39 is 0 Å². The molecule has 4 rings (SSSR count). The third kappa shape index (κ3) is 4.43. The standard InChI is InChI=1S/C22H27FN6O/c1-16(2)14-25-22(30)28-12-10-27(11-13-28)15-20-26-19-4-3-9-24-21(19)29(20)18-7-5-17(23)6-8-18/h3-9,16H,10-15H2,1-2H3,(H,25,30). The number of urea groups is 1. The van der Waals surface area contributed by atoms with Gasteiger partial charge in [0.1, 0.15) is 17.2 Å². The second kappa shape index (κ2) is 8.79. The molecule has 7 nitrogen and oxygen atoms in total. The van der Waals surface area contributed by atoms with Gasteiger partial charge < -0.3 is 10.2 Å². The zero-order valence-corrected chi connectivity index (χ0v) is 17.4. The van der Waals surface area contributed by atoms with E-state index >= 15 is 0 Å². The van der Waals surface area contributed by atoms with E-state index in [-0.39, 0.29) is 11.8 Å². The normalized spacial score (nSPS) is 15.1. The topological polar surface area (TPSA) is 66.3 Å². The van der Waals surface area contributed by atoms with Crippen LogP contribution in [0.4, 0.5) is 9.18 Å². The lowest BCUT2D eigenvalue weighted by Crippen LogP contribution is -2.52. The number of carbonyl (C=O) groups is 1. The number of rotatable bonds is 5. The number of aromatic nitrogens is 3. The van der Waals surface area contributed by atoms with Gasteiger partial charge in [-0.3, -0.25) is 9.47 Å². The highest BCUT2D eigenvalue weighted by molar-refractivity contribution is 5.74. The van der Waals surface area contributed by atoms with Crippen molar-refractivity contribution in [3.63, 3.8) is 0 Å². The molecule has 0 bridgehead atoms. The molecule has 0 saturated carbocycles. The summed E-state index contributed by atoms with van der Waals surface area (Å²) < 4.78 is 15.4. The van der Waals surface area contributed by atoms with Crippen LogP contribution in [0.25, 0.3) is 16.9 Å². The van der Waals surface area contributed by atoms with E-state index in [0.717, 1.165) is 35.8 Å². The van der Waals surface area contributed by atoms with Crippen LogP contribution in [0, 0.1) is 11.7 Å². The third-order valence-corrected chi connectivity index (χ3v) is 5.26. The minimum atomic E-state index is -0.274. The van der Waals surface area contributed by atoms with E-state index in [9.17, 15) is 9.18 Å². The van der Waals surface area contributed by atoms with Gasteiger partial charge in [-0.15, -0.1) is 0 Å². The average Bonchev–Trinajstić information content (AvgIpc) is 3.11. The van der Waals surface area contributed by atoms with Crippen LogP contribution in [0.3, 0.4) is 0 Å². The summed E-state index contributed by atoms with van der Waals surface area (Å²) in [7, 11) is 0. The SMILES string of the molecule is CC(C)CNC(=O)N1CCN(Cc2nc3cccnc3n2-c2ccc(F)cc2)CC1.